The second kappa shape index (κ2) is 7.66. The zero-order chi connectivity index (χ0) is 17.6. The van der Waals surface area contributed by atoms with Gasteiger partial charge in [0.25, 0.3) is 0 Å². The van der Waals surface area contributed by atoms with E-state index in [0.29, 0.717) is 13.0 Å². The van der Waals surface area contributed by atoms with Crippen molar-refractivity contribution >= 4 is 17.6 Å². The van der Waals surface area contributed by atoms with Gasteiger partial charge < -0.3 is 14.5 Å². The van der Waals surface area contributed by atoms with Gasteiger partial charge in [-0.15, -0.1) is 0 Å². The number of nitrogens with zero attached hydrogens (tertiary/aromatic N) is 2. The number of hydrogen-bond acceptors (Lipinski definition) is 3. The summed E-state index contributed by atoms with van der Waals surface area (Å²) in [5.74, 6) is 0.626. The number of aromatic nitrogens is 2. The first-order valence-corrected chi connectivity index (χ1v) is 8.19. The number of rotatable bonds is 6. The van der Waals surface area contributed by atoms with Gasteiger partial charge in [0.05, 0.1) is 12.8 Å². The largest absolute Gasteiger partial charge is 0.493 e. The number of ether oxygens (including phenoxy) is 1. The second-order valence-electron chi connectivity index (χ2n) is 5.82. The van der Waals surface area contributed by atoms with Crippen LogP contribution in [0.1, 0.15) is 16.8 Å². The van der Waals surface area contributed by atoms with Gasteiger partial charge in [0.1, 0.15) is 0 Å². The third kappa shape index (κ3) is 4.26. The summed E-state index contributed by atoms with van der Waals surface area (Å²) in [5.41, 5.74) is 3.90. The van der Waals surface area contributed by atoms with Crippen LogP contribution in [0, 0.1) is 6.92 Å². The van der Waals surface area contributed by atoms with E-state index < -0.39 is 0 Å². The van der Waals surface area contributed by atoms with Crippen molar-refractivity contribution in [3.05, 3.63) is 71.7 Å². The molecule has 2 aromatic heterocycles. The van der Waals surface area contributed by atoms with Crippen molar-refractivity contribution in [3.8, 4) is 5.75 Å². The molecule has 0 radical (unpaired) electrons. The fourth-order valence-corrected chi connectivity index (χ4v) is 2.54. The number of aryl methyl sites for hydroxylation is 1. The molecule has 0 bridgehead atoms. The molecule has 1 aromatic carbocycles. The monoisotopic (exact) mass is 335 g/mol. The Kier molecular flexibility index (Phi) is 5.14. The van der Waals surface area contributed by atoms with Gasteiger partial charge in [0.2, 0.25) is 5.91 Å². The minimum Gasteiger partial charge on any atom is -0.493 e. The molecule has 0 spiro atoms. The lowest BCUT2D eigenvalue weighted by Gasteiger charge is -2.00. The number of hydrogen-bond donors (Lipinski definition) is 1. The summed E-state index contributed by atoms with van der Waals surface area (Å²) in [6.07, 6.45) is 7.90. The number of nitrogens with one attached hydrogen (secondary N) is 1. The minimum absolute atomic E-state index is 0.109. The number of imidazole rings is 1. The van der Waals surface area contributed by atoms with E-state index in [1.54, 1.807) is 13.2 Å². The van der Waals surface area contributed by atoms with E-state index in [1.807, 2.05) is 66.2 Å². The van der Waals surface area contributed by atoms with Crippen LogP contribution in [0.2, 0.25) is 0 Å². The molecule has 3 aromatic rings. The molecule has 1 N–H and O–H groups in total. The fourth-order valence-electron chi connectivity index (χ4n) is 2.54. The highest BCUT2D eigenvalue weighted by Gasteiger charge is 2.06. The molecule has 1 amide bonds. The SMILES string of the molecule is COc1cccn2cc(CCNC(=O)/C=C/c3ccc(C)cc3)nc12. The molecular formula is C20H21N3O2. The summed E-state index contributed by atoms with van der Waals surface area (Å²) in [5, 5.41) is 2.88. The highest BCUT2D eigenvalue weighted by atomic mass is 16.5. The zero-order valence-corrected chi connectivity index (χ0v) is 14.4. The molecule has 0 saturated heterocycles. The van der Waals surface area contributed by atoms with E-state index in [1.165, 1.54) is 5.56 Å². The standard InChI is InChI=1S/C20H21N3O2/c1-15-5-7-16(8-6-15)9-10-19(24)21-12-11-17-14-23-13-3-4-18(25-2)20(23)22-17/h3-10,13-14H,11-12H2,1-2H3,(H,21,24)/b10-9+. The summed E-state index contributed by atoms with van der Waals surface area (Å²) in [7, 11) is 1.63. The number of benzene rings is 1. The maximum atomic E-state index is 11.9. The number of carbonyl (C=O) groups excluding carboxylic acids is 1. The lowest BCUT2D eigenvalue weighted by molar-refractivity contribution is -0.116. The smallest absolute Gasteiger partial charge is 0.244 e. The first kappa shape index (κ1) is 16.8. The highest BCUT2D eigenvalue weighted by molar-refractivity contribution is 5.91. The summed E-state index contributed by atoms with van der Waals surface area (Å²) < 4.78 is 7.23. The summed E-state index contributed by atoms with van der Waals surface area (Å²) in [4.78, 5) is 16.5. The normalized spacial score (nSPS) is 11.1. The van der Waals surface area contributed by atoms with E-state index in [-0.39, 0.29) is 5.91 Å². The fraction of sp³-hybridized carbons (Fsp3) is 0.200. The zero-order valence-electron chi connectivity index (χ0n) is 14.4. The van der Waals surface area contributed by atoms with Crippen LogP contribution in [0.25, 0.3) is 11.7 Å². The third-order valence-corrected chi connectivity index (χ3v) is 3.90. The Morgan fingerprint density at radius 1 is 1.28 bits per heavy atom. The van der Waals surface area contributed by atoms with Crippen molar-refractivity contribution in [1.82, 2.24) is 14.7 Å². The van der Waals surface area contributed by atoms with Gasteiger partial charge in [0, 0.05) is 31.4 Å². The Balaban J connectivity index is 1.54. The molecule has 0 aliphatic carbocycles. The van der Waals surface area contributed by atoms with Crippen LogP contribution in [0.5, 0.6) is 5.75 Å². The van der Waals surface area contributed by atoms with Crippen molar-refractivity contribution in [2.75, 3.05) is 13.7 Å². The summed E-state index contributed by atoms with van der Waals surface area (Å²) in [6, 6.07) is 11.8. The molecule has 0 saturated carbocycles. The molecule has 3 rings (SSSR count). The molecule has 0 fully saturated rings. The van der Waals surface area contributed by atoms with Gasteiger partial charge in [-0.05, 0) is 30.7 Å². The number of amides is 1. The van der Waals surface area contributed by atoms with E-state index >= 15 is 0 Å². The van der Waals surface area contributed by atoms with E-state index in [0.717, 1.165) is 22.7 Å². The number of methoxy groups -OCH3 is 1. The first-order chi connectivity index (χ1) is 12.2. The third-order valence-electron chi connectivity index (χ3n) is 3.90. The average molecular weight is 335 g/mol. The van der Waals surface area contributed by atoms with Crippen LogP contribution in [-0.4, -0.2) is 28.9 Å². The quantitative estimate of drug-likeness (QED) is 0.705. The predicted molar refractivity (Wildman–Crippen MR) is 98.7 cm³/mol. The van der Waals surface area contributed by atoms with Crippen LogP contribution in [0.15, 0.2) is 54.9 Å². The van der Waals surface area contributed by atoms with Gasteiger partial charge in [-0.3, -0.25) is 4.79 Å². The molecule has 0 aliphatic rings. The van der Waals surface area contributed by atoms with Crippen molar-refractivity contribution in [2.24, 2.45) is 0 Å². The Labute approximate surface area is 147 Å². The Morgan fingerprint density at radius 3 is 2.84 bits per heavy atom. The van der Waals surface area contributed by atoms with Crippen LogP contribution in [0.3, 0.4) is 0 Å². The van der Waals surface area contributed by atoms with E-state index in [9.17, 15) is 4.79 Å². The summed E-state index contributed by atoms with van der Waals surface area (Å²) >= 11 is 0. The minimum atomic E-state index is -0.109. The van der Waals surface area contributed by atoms with Gasteiger partial charge in [-0.1, -0.05) is 29.8 Å². The topological polar surface area (TPSA) is 55.6 Å². The number of pyridine rings is 1. The van der Waals surface area contributed by atoms with Crippen molar-refractivity contribution in [3.63, 3.8) is 0 Å². The lowest BCUT2D eigenvalue weighted by Crippen LogP contribution is -2.23. The molecule has 0 unspecified atom stereocenters. The van der Waals surface area contributed by atoms with Crippen molar-refractivity contribution in [2.45, 2.75) is 13.3 Å². The van der Waals surface area contributed by atoms with Gasteiger partial charge in [-0.2, -0.15) is 0 Å². The molecule has 128 valence electrons. The predicted octanol–water partition coefficient (Wildman–Crippen LogP) is 3.02. The maximum Gasteiger partial charge on any atom is 0.244 e. The van der Waals surface area contributed by atoms with Gasteiger partial charge >= 0.3 is 0 Å². The van der Waals surface area contributed by atoms with Crippen molar-refractivity contribution < 1.29 is 9.53 Å². The van der Waals surface area contributed by atoms with Gasteiger partial charge in [0.15, 0.2) is 11.4 Å². The second-order valence-corrected chi connectivity index (χ2v) is 5.82. The highest BCUT2D eigenvalue weighted by Crippen LogP contribution is 2.18. The van der Waals surface area contributed by atoms with Gasteiger partial charge in [-0.25, -0.2) is 4.98 Å². The average Bonchev–Trinajstić information content (AvgIpc) is 3.04. The van der Waals surface area contributed by atoms with Crippen LogP contribution < -0.4 is 10.1 Å². The molecule has 2 heterocycles. The van der Waals surface area contributed by atoms with Crippen LogP contribution in [0.4, 0.5) is 0 Å². The Bertz CT molecular complexity index is 895. The van der Waals surface area contributed by atoms with Crippen LogP contribution >= 0.6 is 0 Å². The van der Waals surface area contributed by atoms with Crippen molar-refractivity contribution in [1.29, 1.82) is 0 Å². The number of carbonyl (C=O) groups is 1. The lowest BCUT2D eigenvalue weighted by atomic mass is 10.1. The Hall–Kier alpha value is -3.08. The molecule has 5 heteroatoms. The van der Waals surface area contributed by atoms with Crippen LogP contribution in [-0.2, 0) is 11.2 Å². The molecule has 5 nitrogen and oxygen atoms in total. The van der Waals surface area contributed by atoms with E-state index in [4.69, 9.17) is 4.74 Å². The molecule has 0 aliphatic heterocycles. The Morgan fingerprint density at radius 2 is 2.08 bits per heavy atom. The molecular weight excluding hydrogens is 314 g/mol. The van der Waals surface area contributed by atoms with E-state index in [2.05, 4.69) is 10.3 Å². The maximum absolute atomic E-state index is 11.9. The number of fused-ring (bicyclic) bond motifs is 1. The summed E-state index contributed by atoms with van der Waals surface area (Å²) in [6.45, 7) is 2.57. The molecule has 25 heavy (non-hydrogen) atoms. The first-order valence-electron chi connectivity index (χ1n) is 8.19. The molecule has 0 atom stereocenters.